The van der Waals surface area contributed by atoms with E-state index in [0.29, 0.717) is 6.61 Å². The molecular weight excluding hydrogens is 257 g/mol. The van der Waals surface area contributed by atoms with Crippen LogP contribution in [0.4, 0.5) is 0 Å². The second-order valence-corrected chi connectivity index (χ2v) is 3.28. The van der Waals surface area contributed by atoms with Gasteiger partial charge in [-0.2, -0.15) is 0 Å². The van der Waals surface area contributed by atoms with E-state index in [2.05, 4.69) is 0 Å². The third-order valence-electron chi connectivity index (χ3n) is 1.80. The molecule has 0 saturated carbocycles. The molecule has 1 fully saturated rings. The minimum Gasteiger partial charge on any atom is -0.512 e. The summed E-state index contributed by atoms with van der Waals surface area (Å²) < 4.78 is 15.8. The third-order valence-corrected chi connectivity index (χ3v) is 1.80. The van der Waals surface area contributed by atoms with Crippen LogP contribution in [-0.4, -0.2) is 26.3 Å². The fraction of sp³-hybridized carbons (Fsp3) is 0.800. The van der Waals surface area contributed by atoms with Crippen LogP contribution in [0.2, 0.25) is 0 Å². The molecule has 0 N–H and O–H groups in total. The summed E-state index contributed by atoms with van der Waals surface area (Å²) in [6.45, 7) is 8.75. The van der Waals surface area contributed by atoms with Crippen LogP contribution >= 0.6 is 0 Å². The Morgan fingerprint density at radius 1 is 1.50 bits per heavy atom. The molecule has 14 heavy (non-hydrogen) atoms. The molecule has 0 amide bonds. The number of ether oxygens (including phenoxy) is 3. The molecule has 0 bridgehead atoms. The smallest absolute Gasteiger partial charge is 0.160 e. The summed E-state index contributed by atoms with van der Waals surface area (Å²) >= 11 is 0. The first-order valence-corrected chi connectivity index (χ1v) is 4.68. The Labute approximate surface area is 111 Å². The molecule has 1 rings (SSSR count). The van der Waals surface area contributed by atoms with Gasteiger partial charge in [-0.15, -0.1) is 0 Å². The molecule has 1 unspecified atom stereocenters. The summed E-state index contributed by atoms with van der Waals surface area (Å²) in [5.41, 5.74) is 0.758. The van der Waals surface area contributed by atoms with Gasteiger partial charge < -0.3 is 20.8 Å². The number of hydrogen-bond donors (Lipinski definition) is 0. The van der Waals surface area contributed by atoms with Crippen LogP contribution in [-0.2, 0) is 46.9 Å². The first-order valence-electron chi connectivity index (χ1n) is 4.68. The van der Waals surface area contributed by atoms with Gasteiger partial charge in [0, 0.05) is 45.9 Å². The third kappa shape index (κ3) is 7.07. The number of rotatable bonds is 5. The van der Waals surface area contributed by atoms with Crippen LogP contribution in [0.3, 0.4) is 0 Å². The van der Waals surface area contributed by atoms with Gasteiger partial charge in [0.05, 0.1) is 0 Å². The molecule has 4 heteroatoms. The zero-order valence-electron chi connectivity index (χ0n) is 8.70. The van der Waals surface area contributed by atoms with Crippen molar-refractivity contribution in [2.75, 3.05) is 20.0 Å². The van der Waals surface area contributed by atoms with Gasteiger partial charge in [-0.25, -0.2) is 5.57 Å². The Morgan fingerprint density at radius 3 is 2.86 bits per heavy atom. The van der Waals surface area contributed by atoms with Crippen LogP contribution < -0.4 is 0 Å². The normalized spacial score (nSPS) is 21.4. The molecule has 79 valence electrons. The van der Waals surface area contributed by atoms with E-state index < -0.39 is 0 Å². The Balaban J connectivity index is 0.00000169. The van der Waals surface area contributed by atoms with Crippen molar-refractivity contribution < 1.29 is 46.9 Å². The predicted octanol–water partition coefficient (Wildman–Crippen LogP) is 1.88. The van der Waals surface area contributed by atoms with Crippen molar-refractivity contribution in [1.82, 2.24) is 0 Å². The van der Waals surface area contributed by atoms with E-state index in [0.717, 1.165) is 25.0 Å². The molecule has 1 atom stereocenters. The maximum absolute atomic E-state index is 5.42. The Morgan fingerprint density at radius 2 is 2.29 bits per heavy atom. The van der Waals surface area contributed by atoms with Crippen molar-refractivity contribution in [1.29, 1.82) is 0 Å². The molecule has 1 radical (unpaired) electrons. The second kappa shape index (κ2) is 8.99. The van der Waals surface area contributed by atoms with E-state index in [1.165, 1.54) is 6.42 Å². The monoisotopic (exact) mass is 274 g/mol. The van der Waals surface area contributed by atoms with Gasteiger partial charge in [0.25, 0.3) is 0 Å². The minimum absolute atomic E-state index is 0. The Hall–Kier alpha value is 0.724. The van der Waals surface area contributed by atoms with E-state index >= 15 is 0 Å². The second-order valence-electron chi connectivity index (χ2n) is 3.28. The summed E-state index contributed by atoms with van der Waals surface area (Å²) in [6.07, 6.45) is 3.20. The van der Waals surface area contributed by atoms with E-state index in [1.807, 2.05) is 6.92 Å². The first kappa shape index (κ1) is 14.7. The summed E-state index contributed by atoms with van der Waals surface area (Å²) in [5, 5.41) is 0. The summed E-state index contributed by atoms with van der Waals surface area (Å²) in [6, 6.07) is 0. The van der Waals surface area contributed by atoms with Crippen molar-refractivity contribution in [2.24, 2.45) is 0 Å². The summed E-state index contributed by atoms with van der Waals surface area (Å²) in [4.78, 5) is 0. The van der Waals surface area contributed by atoms with Crippen molar-refractivity contribution in [3.63, 3.8) is 0 Å². The van der Waals surface area contributed by atoms with E-state index in [-0.39, 0.29) is 45.8 Å². The average Bonchev–Trinajstić information content (AvgIpc) is 2.14. The van der Waals surface area contributed by atoms with Gasteiger partial charge in [0.2, 0.25) is 0 Å². The van der Waals surface area contributed by atoms with Gasteiger partial charge in [0.1, 0.15) is 6.79 Å². The number of hydrogen-bond acceptors (Lipinski definition) is 3. The topological polar surface area (TPSA) is 27.7 Å². The Bertz CT molecular complexity index is 155. The van der Waals surface area contributed by atoms with Crippen molar-refractivity contribution in [3.05, 3.63) is 12.2 Å². The molecule has 1 heterocycles. The van der Waals surface area contributed by atoms with Crippen molar-refractivity contribution in [2.45, 2.75) is 32.5 Å². The maximum Gasteiger partial charge on any atom is 0.160 e. The zero-order valence-corrected chi connectivity index (χ0v) is 11.5. The molecular formula is C10H17O3Y-. The standard InChI is InChI=1S/C10H17O3.Y/c1-9(2)7-11-8-13-10-5-3-4-6-12-10;/h1,10H,3-8H2,2H3;/q-1;. The van der Waals surface area contributed by atoms with Gasteiger partial charge in [0.15, 0.2) is 6.29 Å². The van der Waals surface area contributed by atoms with Crippen molar-refractivity contribution >= 4 is 0 Å². The molecule has 0 aromatic rings. The predicted molar refractivity (Wildman–Crippen MR) is 49.0 cm³/mol. The largest absolute Gasteiger partial charge is 0.512 e. The van der Waals surface area contributed by atoms with Gasteiger partial charge in [-0.1, -0.05) is 6.92 Å². The zero-order chi connectivity index (χ0) is 9.52. The van der Waals surface area contributed by atoms with E-state index in [9.17, 15) is 0 Å². The summed E-state index contributed by atoms with van der Waals surface area (Å²) in [7, 11) is 0. The fourth-order valence-electron chi connectivity index (χ4n) is 1.17. The minimum atomic E-state index is -0.0770. The van der Waals surface area contributed by atoms with E-state index in [1.54, 1.807) is 0 Å². The van der Waals surface area contributed by atoms with Crippen LogP contribution in [0, 0.1) is 6.58 Å². The maximum atomic E-state index is 5.42. The fourth-order valence-corrected chi connectivity index (χ4v) is 1.17. The van der Waals surface area contributed by atoms with E-state index in [4.69, 9.17) is 20.8 Å². The average molecular weight is 274 g/mol. The molecule has 1 aliphatic heterocycles. The molecule has 0 aromatic heterocycles. The van der Waals surface area contributed by atoms with Crippen LogP contribution in [0.15, 0.2) is 5.57 Å². The van der Waals surface area contributed by atoms with Gasteiger partial charge >= 0.3 is 0 Å². The quantitative estimate of drug-likeness (QED) is 0.435. The molecule has 0 spiro atoms. The van der Waals surface area contributed by atoms with Gasteiger partial charge in [-0.3, -0.25) is 0 Å². The molecule has 1 aliphatic rings. The van der Waals surface area contributed by atoms with Crippen LogP contribution in [0.1, 0.15) is 26.2 Å². The molecule has 0 aliphatic carbocycles. The van der Waals surface area contributed by atoms with Crippen LogP contribution in [0.5, 0.6) is 0 Å². The molecule has 0 aromatic carbocycles. The SMILES string of the molecule is [CH-]=C(C)COCOC1CCCCO1.[Y]. The van der Waals surface area contributed by atoms with Crippen LogP contribution in [0.25, 0.3) is 0 Å². The van der Waals surface area contributed by atoms with Crippen molar-refractivity contribution in [3.8, 4) is 0 Å². The first-order chi connectivity index (χ1) is 6.29. The Kier molecular flexibility index (Phi) is 9.45. The van der Waals surface area contributed by atoms with Gasteiger partial charge in [-0.05, 0) is 19.3 Å². The summed E-state index contributed by atoms with van der Waals surface area (Å²) in [5.74, 6) is 0. The molecule has 3 nitrogen and oxygen atoms in total. The molecule has 1 saturated heterocycles.